The van der Waals surface area contributed by atoms with Gasteiger partial charge in [0.2, 0.25) is 0 Å². The molecule has 0 aromatic carbocycles. The predicted octanol–water partition coefficient (Wildman–Crippen LogP) is 3.15. The lowest BCUT2D eigenvalue weighted by atomic mass is 10.0. The number of carbonyl (C=O) groups is 2. The number of nitrogens with one attached hydrogen (secondary N) is 1. The summed E-state index contributed by atoms with van der Waals surface area (Å²) in [6.45, 7) is 8.34. The second-order valence-electron chi connectivity index (χ2n) is 6.13. The highest BCUT2D eigenvalue weighted by atomic mass is 32.2. The van der Waals surface area contributed by atoms with Crippen molar-refractivity contribution in [1.82, 2.24) is 10.2 Å². The van der Waals surface area contributed by atoms with E-state index in [1.54, 1.807) is 11.8 Å². The lowest BCUT2D eigenvalue weighted by molar-refractivity contribution is -0.141. The molecule has 122 valence electrons. The maximum atomic E-state index is 12.4. The van der Waals surface area contributed by atoms with Gasteiger partial charge in [-0.15, -0.1) is 11.8 Å². The van der Waals surface area contributed by atoms with Crippen LogP contribution in [0.1, 0.15) is 53.4 Å². The maximum absolute atomic E-state index is 12.4. The molecule has 1 fully saturated rings. The molecule has 1 heterocycles. The molecular weight excluding hydrogens is 288 g/mol. The third kappa shape index (κ3) is 5.41. The van der Waals surface area contributed by atoms with Crippen molar-refractivity contribution in [3.63, 3.8) is 0 Å². The Morgan fingerprint density at radius 1 is 1.33 bits per heavy atom. The summed E-state index contributed by atoms with van der Waals surface area (Å²) in [5.41, 5.74) is 0. The molecule has 0 aromatic heterocycles. The Morgan fingerprint density at radius 2 is 2.00 bits per heavy atom. The van der Waals surface area contributed by atoms with E-state index in [0.29, 0.717) is 11.7 Å². The molecule has 2 N–H and O–H groups in total. The molecular formula is C15H28N2O3S. The van der Waals surface area contributed by atoms with Crippen molar-refractivity contribution >= 4 is 23.8 Å². The van der Waals surface area contributed by atoms with E-state index in [0.717, 1.165) is 25.7 Å². The molecule has 0 spiro atoms. The Hall–Kier alpha value is -0.910. The quantitative estimate of drug-likeness (QED) is 0.757. The third-order valence-corrected chi connectivity index (χ3v) is 5.20. The van der Waals surface area contributed by atoms with Crippen molar-refractivity contribution in [3.8, 4) is 0 Å². The molecule has 3 unspecified atom stereocenters. The van der Waals surface area contributed by atoms with Gasteiger partial charge >= 0.3 is 12.0 Å². The number of rotatable bonds is 7. The number of hydrogen-bond acceptors (Lipinski definition) is 3. The number of carboxylic acid groups (broad SMARTS) is 1. The van der Waals surface area contributed by atoms with E-state index in [4.69, 9.17) is 0 Å². The summed E-state index contributed by atoms with van der Waals surface area (Å²) >= 11 is 1.55. The standard InChI is InChI=1S/C15H28N2O3S/c1-5-13-17(12(9-21-13)14(18)19)15(20)16-11(4)8-6-7-10(2)3/h10-13H,5-9H2,1-4H3,(H,16,20)(H,18,19). The molecule has 0 saturated carbocycles. The van der Waals surface area contributed by atoms with Crippen molar-refractivity contribution in [2.45, 2.75) is 70.8 Å². The number of aliphatic carboxylic acids is 1. The Kier molecular flexibility index (Phi) is 7.35. The van der Waals surface area contributed by atoms with Crippen LogP contribution in [0.3, 0.4) is 0 Å². The normalized spacial score (nSPS) is 23.4. The van der Waals surface area contributed by atoms with Crippen LogP contribution in [0.4, 0.5) is 4.79 Å². The minimum Gasteiger partial charge on any atom is -0.480 e. The average molecular weight is 316 g/mol. The van der Waals surface area contributed by atoms with Crippen LogP contribution in [0.25, 0.3) is 0 Å². The number of carboxylic acids is 1. The Balaban J connectivity index is 2.53. The first-order chi connectivity index (χ1) is 9.86. The van der Waals surface area contributed by atoms with Crippen LogP contribution in [0.15, 0.2) is 0 Å². The van der Waals surface area contributed by atoms with Crippen LogP contribution in [0.5, 0.6) is 0 Å². The van der Waals surface area contributed by atoms with E-state index in [2.05, 4.69) is 19.2 Å². The molecule has 0 bridgehead atoms. The second-order valence-corrected chi connectivity index (χ2v) is 7.34. The summed E-state index contributed by atoms with van der Waals surface area (Å²) in [4.78, 5) is 25.2. The van der Waals surface area contributed by atoms with E-state index in [1.165, 1.54) is 4.90 Å². The van der Waals surface area contributed by atoms with Crippen LogP contribution >= 0.6 is 11.8 Å². The van der Waals surface area contributed by atoms with Gasteiger partial charge in [-0.05, 0) is 25.7 Å². The van der Waals surface area contributed by atoms with Gasteiger partial charge < -0.3 is 10.4 Å². The Labute approximate surface area is 131 Å². The van der Waals surface area contributed by atoms with Gasteiger partial charge in [-0.2, -0.15) is 0 Å². The number of thioether (sulfide) groups is 1. The van der Waals surface area contributed by atoms with Crippen LogP contribution in [0, 0.1) is 5.92 Å². The molecule has 3 atom stereocenters. The number of carbonyl (C=O) groups excluding carboxylic acids is 1. The van der Waals surface area contributed by atoms with Gasteiger partial charge in [-0.3, -0.25) is 4.90 Å². The van der Waals surface area contributed by atoms with Crippen LogP contribution in [-0.2, 0) is 4.79 Å². The van der Waals surface area contributed by atoms with Crippen LogP contribution < -0.4 is 5.32 Å². The van der Waals surface area contributed by atoms with Crippen molar-refractivity contribution in [2.75, 3.05) is 5.75 Å². The first kappa shape index (κ1) is 18.1. The first-order valence-electron chi connectivity index (χ1n) is 7.80. The fraction of sp³-hybridized carbons (Fsp3) is 0.867. The van der Waals surface area contributed by atoms with Gasteiger partial charge in [0.25, 0.3) is 0 Å². The van der Waals surface area contributed by atoms with E-state index in [-0.39, 0.29) is 17.4 Å². The fourth-order valence-electron chi connectivity index (χ4n) is 2.53. The van der Waals surface area contributed by atoms with Gasteiger partial charge in [-0.25, -0.2) is 9.59 Å². The summed E-state index contributed by atoms with van der Waals surface area (Å²) < 4.78 is 0. The lowest BCUT2D eigenvalue weighted by Crippen LogP contribution is -2.51. The third-order valence-electron chi connectivity index (χ3n) is 3.75. The van der Waals surface area contributed by atoms with Gasteiger partial charge in [0, 0.05) is 11.8 Å². The van der Waals surface area contributed by atoms with Gasteiger partial charge in [0.15, 0.2) is 0 Å². The van der Waals surface area contributed by atoms with Crippen molar-refractivity contribution in [1.29, 1.82) is 0 Å². The highest BCUT2D eigenvalue weighted by Gasteiger charge is 2.41. The summed E-state index contributed by atoms with van der Waals surface area (Å²) in [6.07, 6.45) is 3.92. The van der Waals surface area contributed by atoms with Gasteiger partial charge in [0.1, 0.15) is 6.04 Å². The van der Waals surface area contributed by atoms with E-state index in [1.807, 2.05) is 13.8 Å². The highest BCUT2D eigenvalue weighted by molar-refractivity contribution is 8.00. The molecule has 5 nitrogen and oxygen atoms in total. The molecule has 1 aliphatic heterocycles. The minimum absolute atomic E-state index is 0.0334. The zero-order valence-corrected chi connectivity index (χ0v) is 14.3. The summed E-state index contributed by atoms with van der Waals surface area (Å²) in [6, 6.07) is -0.868. The van der Waals surface area contributed by atoms with Gasteiger partial charge in [0.05, 0.1) is 5.37 Å². The number of nitrogens with zero attached hydrogens (tertiary/aromatic N) is 1. The molecule has 0 aliphatic carbocycles. The fourth-order valence-corrected chi connectivity index (χ4v) is 3.88. The van der Waals surface area contributed by atoms with Crippen LogP contribution in [-0.4, -0.2) is 45.2 Å². The van der Waals surface area contributed by atoms with E-state index < -0.39 is 12.0 Å². The molecule has 21 heavy (non-hydrogen) atoms. The number of urea groups is 1. The minimum atomic E-state index is -0.916. The highest BCUT2D eigenvalue weighted by Crippen LogP contribution is 2.31. The van der Waals surface area contributed by atoms with Crippen LogP contribution in [0.2, 0.25) is 0 Å². The molecule has 1 aliphatic rings. The topological polar surface area (TPSA) is 69.6 Å². The maximum Gasteiger partial charge on any atom is 0.327 e. The summed E-state index contributed by atoms with van der Waals surface area (Å²) in [5, 5.41) is 12.2. The number of amides is 2. The Bertz CT molecular complexity index is 363. The first-order valence-corrected chi connectivity index (χ1v) is 8.84. The van der Waals surface area contributed by atoms with Crippen molar-refractivity contribution in [2.24, 2.45) is 5.92 Å². The number of hydrogen-bond donors (Lipinski definition) is 2. The summed E-state index contributed by atoms with van der Waals surface area (Å²) in [5.74, 6) is 0.230. The zero-order chi connectivity index (χ0) is 16.0. The SMILES string of the molecule is CCC1SCC(C(=O)O)N1C(=O)NC(C)CCCC(C)C. The monoisotopic (exact) mass is 316 g/mol. The molecule has 0 radical (unpaired) electrons. The molecule has 1 rings (SSSR count). The summed E-state index contributed by atoms with van der Waals surface area (Å²) in [7, 11) is 0. The molecule has 6 heteroatoms. The van der Waals surface area contributed by atoms with E-state index in [9.17, 15) is 14.7 Å². The molecule has 0 aromatic rings. The second kappa shape index (κ2) is 8.51. The van der Waals surface area contributed by atoms with Gasteiger partial charge in [-0.1, -0.05) is 33.6 Å². The lowest BCUT2D eigenvalue weighted by Gasteiger charge is -2.28. The van der Waals surface area contributed by atoms with E-state index >= 15 is 0 Å². The molecule has 1 saturated heterocycles. The predicted molar refractivity (Wildman–Crippen MR) is 86.5 cm³/mol. The van der Waals surface area contributed by atoms with Crippen molar-refractivity contribution < 1.29 is 14.7 Å². The zero-order valence-electron chi connectivity index (χ0n) is 13.5. The smallest absolute Gasteiger partial charge is 0.327 e. The largest absolute Gasteiger partial charge is 0.480 e. The molecule has 2 amide bonds. The average Bonchev–Trinajstić information content (AvgIpc) is 2.81. The Morgan fingerprint density at radius 3 is 2.52 bits per heavy atom. The van der Waals surface area contributed by atoms with Crippen molar-refractivity contribution in [3.05, 3.63) is 0 Å².